The molecule has 0 unspecified atom stereocenters. The second-order valence-corrected chi connectivity index (χ2v) is 9.58. The van der Waals surface area contributed by atoms with E-state index in [2.05, 4.69) is 30.5 Å². The zero-order valence-electron chi connectivity index (χ0n) is 19.4. The van der Waals surface area contributed by atoms with Crippen molar-refractivity contribution in [2.75, 3.05) is 43.4 Å². The first-order chi connectivity index (χ1) is 17.1. The van der Waals surface area contributed by atoms with Gasteiger partial charge in [-0.25, -0.2) is 9.37 Å². The highest BCUT2D eigenvalue weighted by Crippen LogP contribution is 2.37. The number of fused-ring (bicyclic) bond motifs is 5. The van der Waals surface area contributed by atoms with Gasteiger partial charge in [0.2, 0.25) is 0 Å². The van der Waals surface area contributed by atoms with Gasteiger partial charge in [0.1, 0.15) is 17.2 Å². The number of hydrogen-bond acceptors (Lipinski definition) is 6. The molecule has 1 atom stereocenters. The molecule has 4 aromatic rings. The molecular formula is C26H29FN6O2. The first-order valence-electron chi connectivity index (χ1n) is 12.3. The topological polar surface area (TPSA) is 109 Å². The van der Waals surface area contributed by atoms with Crippen molar-refractivity contribution in [1.29, 1.82) is 0 Å². The number of aliphatic hydroxyl groups is 1. The Hall–Kier alpha value is -3.43. The number of aromatic amines is 2. The summed E-state index contributed by atoms with van der Waals surface area (Å²) in [5.41, 5.74) is 3.18. The van der Waals surface area contributed by atoms with Gasteiger partial charge in [-0.05, 0) is 62.5 Å². The monoisotopic (exact) mass is 476 g/mol. The largest absolute Gasteiger partial charge is 0.396 e. The highest BCUT2D eigenvalue weighted by atomic mass is 19.1. The van der Waals surface area contributed by atoms with Crippen LogP contribution in [0.3, 0.4) is 0 Å². The molecule has 3 aliphatic heterocycles. The number of imidazole rings is 1. The van der Waals surface area contributed by atoms with E-state index in [1.165, 1.54) is 6.07 Å². The molecule has 182 valence electrons. The quantitative estimate of drug-likeness (QED) is 0.261. The summed E-state index contributed by atoms with van der Waals surface area (Å²) in [4.78, 5) is 26.8. The maximum Gasteiger partial charge on any atom is 0.261 e. The minimum absolute atomic E-state index is 0.0214. The first-order valence-corrected chi connectivity index (χ1v) is 12.3. The summed E-state index contributed by atoms with van der Waals surface area (Å²) in [5.74, 6) is 0.570. The second kappa shape index (κ2) is 8.98. The van der Waals surface area contributed by atoms with E-state index in [9.17, 15) is 4.79 Å². The van der Waals surface area contributed by atoms with E-state index in [-0.39, 0.29) is 18.2 Å². The molecular weight excluding hydrogens is 447 g/mol. The lowest BCUT2D eigenvalue weighted by Crippen LogP contribution is -2.53. The lowest BCUT2D eigenvalue weighted by Gasteiger charge is -2.45. The average Bonchev–Trinajstić information content (AvgIpc) is 3.29. The van der Waals surface area contributed by atoms with Gasteiger partial charge in [-0.15, -0.1) is 0 Å². The molecule has 2 aromatic carbocycles. The minimum Gasteiger partial charge on any atom is -0.396 e. The van der Waals surface area contributed by atoms with Crippen LogP contribution in [0.15, 0.2) is 41.2 Å². The number of nitrogens with one attached hydrogen (secondary N) is 4. The summed E-state index contributed by atoms with van der Waals surface area (Å²) >= 11 is 0. The fourth-order valence-electron chi connectivity index (χ4n) is 5.52. The van der Waals surface area contributed by atoms with Crippen LogP contribution >= 0.6 is 0 Å². The summed E-state index contributed by atoms with van der Waals surface area (Å²) in [6.45, 7) is 3.57. The van der Waals surface area contributed by atoms with Gasteiger partial charge in [-0.1, -0.05) is 12.1 Å². The van der Waals surface area contributed by atoms with Crippen LogP contribution in [0.2, 0.25) is 0 Å². The normalized spacial score (nSPS) is 21.6. The van der Waals surface area contributed by atoms with Gasteiger partial charge in [0.15, 0.2) is 0 Å². The van der Waals surface area contributed by atoms with E-state index in [4.69, 9.17) is 5.11 Å². The van der Waals surface area contributed by atoms with Crippen molar-refractivity contribution in [3.63, 3.8) is 0 Å². The van der Waals surface area contributed by atoms with Gasteiger partial charge >= 0.3 is 0 Å². The third kappa shape index (κ3) is 4.04. The molecule has 35 heavy (non-hydrogen) atoms. The van der Waals surface area contributed by atoms with Crippen molar-refractivity contribution >= 4 is 33.3 Å². The van der Waals surface area contributed by atoms with Gasteiger partial charge in [-0.2, -0.15) is 0 Å². The number of aromatic nitrogens is 3. The summed E-state index contributed by atoms with van der Waals surface area (Å²) < 4.78 is 15.2. The maximum atomic E-state index is 15.2. The predicted octanol–water partition coefficient (Wildman–Crippen LogP) is 3.51. The Labute approximate surface area is 201 Å². The number of anilines is 2. The summed E-state index contributed by atoms with van der Waals surface area (Å²) in [5, 5.41) is 16.3. The van der Waals surface area contributed by atoms with Crippen LogP contribution in [0.4, 0.5) is 15.8 Å². The number of para-hydroxylation sites is 2. The van der Waals surface area contributed by atoms with Crippen LogP contribution in [0.5, 0.6) is 0 Å². The molecule has 5 N–H and O–H groups in total. The van der Waals surface area contributed by atoms with E-state index in [0.29, 0.717) is 52.5 Å². The van der Waals surface area contributed by atoms with Crippen molar-refractivity contribution < 1.29 is 9.50 Å². The Kier molecular flexibility index (Phi) is 5.66. The molecule has 3 saturated heterocycles. The van der Waals surface area contributed by atoms with Crippen LogP contribution in [-0.2, 0) is 0 Å². The molecule has 2 aromatic heterocycles. The number of H-pyrrole nitrogens is 2. The highest BCUT2D eigenvalue weighted by Gasteiger charge is 2.35. The molecule has 2 bridgehead atoms. The highest BCUT2D eigenvalue weighted by molar-refractivity contribution is 6.00. The molecule has 5 heterocycles. The van der Waals surface area contributed by atoms with Crippen LogP contribution in [0.25, 0.3) is 33.3 Å². The lowest BCUT2D eigenvalue weighted by atomic mass is 9.83. The smallest absolute Gasteiger partial charge is 0.261 e. The third-order valence-corrected chi connectivity index (χ3v) is 7.36. The van der Waals surface area contributed by atoms with Gasteiger partial charge in [0, 0.05) is 31.1 Å². The van der Waals surface area contributed by atoms with Crippen molar-refractivity contribution in [2.45, 2.75) is 25.3 Å². The van der Waals surface area contributed by atoms with Gasteiger partial charge < -0.3 is 30.6 Å². The van der Waals surface area contributed by atoms with Crippen molar-refractivity contribution in [3.05, 3.63) is 52.6 Å². The molecule has 0 amide bonds. The molecule has 8 nitrogen and oxygen atoms in total. The Morgan fingerprint density at radius 1 is 1.14 bits per heavy atom. The Morgan fingerprint density at radius 3 is 2.71 bits per heavy atom. The van der Waals surface area contributed by atoms with E-state index < -0.39 is 5.82 Å². The zero-order chi connectivity index (χ0) is 23.9. The van der Waals surface area contributed by atoms with Crippen LogP contribution in [0, 0.1) is 11.7 Å². The number of benzene rings is 2. The van der Waals surface area contributed by atoms with Crippen molar-refractivity contribution in [2.24, 2.45) is 5.92 Å². The van der Waals surface area contributed by atoms with E-state index in [1.807, 2.05) is 24.3 Å². The third-order valence-electron chi connectivity index (χ3n) is 7.36. The Balaban J connectivity index is 1.50. The lowest BCUT2D eigenvalue weighted by molar-refractivity contribution is 0.0976. The molecule has 0 aliphatic carbocycles. The molecule has 0 radical (unpaired) electrons. The van der Waals surface area contributed by atoms with Gasteiger partial charge in [0.25, 0.3) is 5.56 Å². The first kappa shape index (κ1) is 22.1. The van der Waals surface area contributed by atoms with Gasteiger partial charge in [-0.3, -0.25) is 4.79 Å². The van der Waals surface area contributed by atoms with Crippen molar-refractivity contribution in [3.8, 4) is 11.4 Å². The van der Waals surface area contributed by atoms with Crippen LogP contribution in [0.1, 0.15) is 19.3 Å². The van der Waals surface area contributed by atoms with Crippen LogP contribution in [-0.4, -0.2) is 63.8 Å². The SMILES string of the molecule is O=c1[nH]c2cc(NCCCO)c(F)cc2c(N[C@@H]2CN3CCC2CC3)c1-c1nc2ccccc2[nH]1. The number of rotatable bonds is 7. The number of piperidine rings is 3. The summed E-state index contributed by atoms with van der Waals surface area (Å²) in [7, 11) is 0. The molecule has 3 fully saturated rings. The maximum absolute atomic E-state index is 15.2. The second-order valence-electron chi connectivity index (χ2n) is 9.58. The predicted molar refractivity (Wildman–Crippen MR) is 136 cm³/mol. The number of pyridine rings is 1. The molecule has 9 heteroatoms. The molecule has 3 aliphatic rings. The Morgan fingerprint density at radius 2 is 1.97 bits per heavy atom. The molecule has 7 rings (SSSR count). The molecule has 0 saturated carbocycles. The number of nitrogens with zero attached hydrogens (tertiary/aromatic N) is 2. The molecule has 0 spiro atoms. The minimum atomic E-state index is -0.407. The standard InChI is InChI=1S/C26H29FN6O2/c27-17-12-16-20(13-21(17)28-8-3-11-34)32-26(35)23(25-30-18-4-1-2-5-19(18)31-25)24(16)29-22-14-33-9-6-15(22)7-10-33/h1-2,4-5,12-13,15,22,28,34H,3,6-11,14H2,(H,30,31)(H2,29,32,35)/t22-/m1/s1. The van der Waals surface area contributed by atoms with E-state index >= 15 is 4.39 Å². The number of halogens is 1. The van der Waals surface area contributed by atoms with E-state index in [1.54, 1.807) is 6.07 Å². The fraction of sp³-hybridized carbons (Fsp3) is 0.385. The van der Waals surface area contributed by atoms with E-state index in [0.717, 1.165) is 43.5 Å². The number of hydrogen-bond donors (Lipinski definition) is 5. The van der Waals surface area contributed by atoms with Crippen molar-refractivity contribution in [1.82, 2.24) is 19.9 Å². The fourth-order valence-corrected chi connectivity index (χ4v) is 5.52. The Bertz CT molecular complexity index is 1410. The summed E-state index contributed by atoms with van der Waals surface area (Å²) in [6, 6.07) is 10.9. The van der Waals surface area contributed by atoms with Gasteiger partial charge in [0.05, 0.1) is 27.9 Å². The summed E-state index contributed by atoms with van der Waals surface area (Å²) in [6.07, 6.45) is 2.74. The van der Waals surface area contributed by atoms with Crippen LogP contribution < -0.4 is 16.2 Å². The average molecular weight is 477 g/mol. The zero-order valence-corrected chi connectivity index (χ0v) is 19.4. The number of aliphatic hydroxyl groups excluding tert-OH is 1.